The lowest BCUT2D eigenvalue weighted by molar-refractivity contribution is 0.204. The maximum absolute atomic E-state index is 8.97. The summed E-state index contributed by atoms with van der Waals surface area (Å²) in [6, 6.07) is 7.53. The van der Waals surface area contributed by atoms with Crippen LogP contribution in [0.2, 0.25) is 0 Å². The molecule has 4 nitrogen and oxygen atoms in total. The number of rotatable bonds is 5. The first kappa shape index (κ1) is 13.4. The minimum absolute atomic E-state index is 0.482. The van der Waals surface area contributed by atoms with E-state index in [0.717, 1.165) is 12.3 Å². The molecule has 1 aliphatic heterocycles. The summed E-state index contributed by atoms with van der Waals surface area (Å²) in [7, 11) is -1.41. The summed E-state index contributed by atoms with van der Waals surface area (Å²) < 4.78 is 5.65. The molecule has 0 saturated carbocycles. The average Bonchev–Trinajstić information content (AvgIpc) is 2.76. The summed E-state index contributed by atoms with van der Waals surface area (Å²) in [5.74, 6) is 0.770. The van der Waals surface area contributed by atoms with Gasteiger partial charge in [-0.2, -0.15) is 0 Å². The number of hydrogen-bond acceptors (Lipinski definition) is 4. The SMILES string of the molecule is CC1CCCN1CCOc1ccc(B(O)O)cc1. The highest BCUT2D eigenvalue weighted by molar-refractivity contribution is 6.58. The van der Waals surface area contributed by atoms with Gasteiger partial charge in [-0.05, 0) is 43.9 Å². The van der Waals surface area contributed by atoms with Crippen LogP contribution in [0.15, 0.2) is 24.3 Å². The third-order valence-corrected chi connectivity index (χ3v) is 3.52. The molecule has 1 fully saturated rings. The van der Waals surface area contributed by atoms with E-state index < -0.39 is 7.12 Å². The molecule has 1 saturated heterocycles. The second-order valence-corrected chi connectivity index (χ2v) is 4.82. The fourth-order valence-corrected chi connectivity index (χ4v) is 2.34. The largest absolute Gasteiger partial charge is 0.492 e. The van der Waals surface area contributed by atoms with E-state index in [1.165, 1.54) is 19.4 Å². The lowest BCUT2D eigenvalue weighted by Crippen LogP contribution is -2.31. The zero-order chi connectivity index (χ0) is 13.0. The van der Waals surface area contributed by atoms with E-state index in [1.807, 2.05) is 0 Å². The zero-order valence-electron chi connectivity index (χ0n) is 10.7. The molecule has 0 radical (unpaired) electrons. The summed E-state index contributed by atoms with van der Waals surface area (Å²) in [6.07, 6.45) is 2.56. The molecule has 1 aromatic carbocycles. The van der Waals surface area contributed by atoms with E-state index in [0.29, 0.717) is 18.1 Å². The lowest BCUT2D eigenvalue weighted by Gasteiger charge is -2.20. The predicted molar refractivity (Wildman–Crippen MR) is 72.0 cm³/mol. The van der Waals surface area contributed by atoms with E-state index in [2.05, 4.69) is 11.8 Å². The Morgan fingerprint density at radius 2 is 2.06 bits per heavy atom. The van der Waals surface area contributed by atoms with E-state index in [1.54, 1.807) is 24.3 Å². The first-order valence-electron chi connectivity index (χ1n) is 6.50. The number of benzene rings is 1. The van der Waals surface area contributed by atoms with E-state index in [-0.39, 0.29) is 0 Å². The molecule has 0 spiro atoms. The van der Waals surface area contributed by atoms with Gasteiger partial charge in [0.25, 0.3) is 0 Å². The van der Waals surface area contributed by atoms with E-state index in [9.17, 15) is 0 Å². The van der Waals surface area contributed by atoms with Crippen LogP contribution in [-0.4, -0.2) is 47.8 Å². The highest BCUT2D eigenvalue weighted by Gasteiger charge is 2.19. The molecule has 5 heteroatoms. The Morgan fingerprint density at radius 3 is 2.61 bits per heavy atom. The van der Waals surface area contributed by atoms with Gasteiger partial charge in [-0.15, -0.1) is 0 Å². The Labute approximate surface area is 108 Å². The van der Waals surface area contributed by atoms with Crippen LogP contribution < -0.4 is 10.2 Å². The highest BCUT2D eigenvalue weighted by Crippen LogP contribution is 2.16. The molecule has 98 valence electrons. The van der Waals surface area contributed by atoms with Crippen molar-refractivity contribution in [2.75, 3.05) is 19.7 Å². The molecule has 1 unspecified atom stereocenters. The smallest absolute Gasteiger partial charge is 0.488 e. The van der Waals surface area contributed by atoms with E-state index >= 15 is 0 Å². The van der Waals surface area contributed by atoms with Gasteiger partial charge in [0.2, 0.25) is 0 Å². The monoisotopic (exact) mass is 249 g/mol. The molecule has 2 rings (SSSR count). The first-order chi connectivity index (χ1) is 8.66. The van der Waals surface area contributed by atoms with Gasteiger partial charge in [0.1, 0.15) is 12.4 Å². The van der Waals surface area contributed by atoms with Crippen LogP contribution in [0.5, 0.6) is 5.75 Å². The molecular formula is C13H20BNO3. The third kappa shape index (κ3) is 3.48. The maximum atomic E-state index is 8.97. The van der Waals surface area contributed by atoms with Gasteiger partial charge in [0, 0.05) is 12.6 Å². The van der Waals surface area contributed by atoms with Gasteiger partial charge in [0.05, 0.1) is 0 Å². The summed E-state index contributed by atoms with van der Waals surface area (Å²) >= 11 is 0. The number of ether oxygens (including phenoxy) is 1. The lowest BCUT2D eigenvalue weighted by atomic mass is 9.80. The summed E-state index contributed by atoms with van der Waals surface area (Å²) in [5, 5.41) is 17.9. The molecule has 1 atom stereocenters. The van der Waals surface area contributed by atoms with Crippen molar-refractivity contribution in [2.45, 2.75) is 25.8 Å². The Hall–Kier alpha value is -1.04. The molecule has 18 heavy (non-hydrogen) atoms. The average molecular weight is 249 g/mol. The molecule has 1 aliphatic rings. The van der Waals surface area contributed by atoms with Crippen LogP contribution in [0.25, 0.3) is 0 Å². The predicted octanol–water partition coefficient (Wildman–Crippen LogP) is 0.229. The molecular weight excluding hydrogens is 229 g/mol. The van der Waals surface area contributed by atoms with Gasteiger partial charge in [-0.25, -0.2) is 0 Å². The number of hydrogen-bond donors (Lipinski definition) is 2. The van der Waals surface area contributed by atoms with Crippen LogP contribution >= 0.6 is 0 Å². The molecule has 0 aliphatic carbocycles. The summed E-state index contributed by atoms with van der Waals surface area (Å²) in [6.45, 7) is 5.04. The van der Waals surface area contributed by atoms with Crippen LogP contribution in [0.1, 0.15) is 19.8 Å². The Morgan fingerprint density at radius 1 is 1.33 bits per heavy atom. The quantitative estimate of drug-likeness (QED) is 0.733. The number of likely N-dealkylation sites (tertiary alicyclic amines) is 1. The van der Waals surface area contributed by atoms with E-state index in [4.69, 9.17) is 14.8 Å². The van der Waals surface area contributed by atoms with Gasteiger partial charge in [-0.3, -0.25) is 4.90 Å². The molecule has 1 heterocycles. The van der Waals surface area contributed by atoms with Crippen molar-refractivity contribution in [3.63, 3.8) is 0 Å². The van der Waals surface area contributed by atoms with Gasteiger partial charge in [0.15, 0.2) is 0 Å². The van der Waals surface area contributed by atoms with Crippen molar-refractivity contribution in [3.8, 4) is 5.75 Å². The second-order valence-electron chi connectivity index (χ2n) is 4.82. The molecule has 2 N–H and O–H groups in total. The molecule has 0 bridgehead atoms. The minimum atomic E-state index is -1.41. The van der Waals surface area contributed by atoms with Crippen LogP contribution in [0, 0.1) is 0 Å². The van der Waals surface area contributed by atoms with Crippen molar-refractivity contribution in [3.05, 3.63) is 24.3 Å². The molecule has 0 aromatic heterocycles. The fraction of sp³-hybridized carbons (Fsp3) is 0.538. The fourth-order valence-electron chi connectivity index (χ4n) is 2.34. The van der Waals surface area contributed by atoms with Gasteiger partial charge >= 0.3 is 7.12 Å². The van der Waals surface area contributed by atoms with Crippen molar-refractivity contribution in [1.29, 1.82) is 0 Å². The third-order valence-electron chi connectivity index (χ3n) is 3.52. The van der Waals surface area contributed by atoms with Gasteiger partial charge in [-0.1, -0.05) is 12.1 Å². The standard InChI is InChI=1S/C13H20BNO3/c1-11-3-2-8-15(11)9-10-18-13-6-4-12(5-7-13)14(16)17/h4-7,11,16-17H,2-3,8-10H2,1H3. The number of nitrogens with zero attached hydrogens (tertiary/aromatic N) is 1. The van der Waals surface area contributed by atoms with Crippen LogP contribution in [0.4, 0.5) is 0 Å². The zero-order valence-corrected chi connectivity index (χ0v) is 10.7. The molecule has 1 aromatic rings. The normalized spacial score (nSPS) is 20.1. The Kier molecular flexibility index (Phi) is 4.63. The van der Waals surface area contributed by atoms with Crippen molar-refractivity contribution >= 4 is 12.6 Å². The van der Waals surface area contributed by atoms with Gasteiger partial charge < -0.3 is 14.8 Å². The summed E-state index contributed by atoms with van der Waals surface area (Å²) in [5.41, 5.74) is 0.482. The maximum Gasteiger partial charge on any atom is 0.488 e. The first-order valence-corrected chi connectivity index (χ1v) is 6.50. The second kappa shape index (κ2) is 6.23. The summed E-state index contributed by atoms with van der Waals surface area (Å²) in [4.78, 5) is 2.44. The van der Waals surface area contributed by atoms with Crippen LogP contribution in [0.3, 0.4) is 0 Å². The van der Waals surface area contributed by atoms with Crippen molar-refractivity contribution in [2.24, 2.45) is 0 Å². The molecule has 0 amide bonds. The topological polar surface area (TPSA) is 52.9 Å². The minimum Gasteiger partial charge on any atom is -0.492 e. The van der Waals surface area contributed by atoms with Crippen molar-refractivity contribution in [1.82, 2.24) is 4.90 Å². The van der Waals surface area contributed by atoms with Crippen LogP contribution in [-0.2, 0) is 0 Å². The Bertz CT molecular complexity index is 369. The Balaban J connectivity index is 1.76. The highest BCUT2D eigenvalue weighted by atomic mass is 16.5. The van der Waals surface area contributed by atoms with Crippen molar-refractivity contribution < 1.29 is 14.8 Å².